The van der Waals surface area contributed by atoms with E-state index < -0.39 is 5.82 Å². The van der Waals surface area contributed by atoms with Gasteiger partial charge >= 0.3 is 0 Å². The number of phenolic OH excluding ortho intramolecular Hbond substituents is 1. The number of para-hydroxylation sites is 1. The molecule has 0 radical (unpaired) electrons. The van der Waals surface area contributed by atoms with Gasteiger partial charge in [-0.25, -0.2) is 4.39 Å². The van der Waals surface area contributed by atoms with Gasteiger partial charge in [0.05, 0.1) is 5.69 Å². The summed E-state index contributed by atoms with van der Waals surface area (Å²) in [5.41, 5.74) is 1.12. The fourth-order valence-corrected chi connectivity index (χ4v) is 1.29. The highest BCUT2D eigenvalue weighted by Gasteiger charge is 1.99. The fourth-order valence-electron chi connectivity index (χ4n) is 1.29. The van der Waals surface area contributed by atoms with E-state index in [9.17, 15) is 9.50 Å². The first-order valence-corrected chi connectivity index (χ1v) is 4.83. The molecule has 2 nitrogen and oxygen atoms in total. The maximum absolute atomic E-state index is 12.9. The average Bonchev–Trinajstić information content (AvgIpc) is 2.32. The van der Waals surface area contributed by atoms with Crippen LogP contribution in [0.25, 0.3) is 0 Å². The van der Waals surface area contributed by atoms with Crippen molar-refractivity contribution in [1.29, 1.82) is 0 Å². The molecule has 1 N–H and O–H groups in total. The van der Waals surface area contributed by atoms with Crippen molar-refractivity contribution in [2.45, 2.75) is 0 Å². The molecule has 0 heterocycles. The van der Waals surface area contributed by atoms with Gasteiger partial charge in [0.15, 0.2) is 0 Å². The van der Waals surface area contributed by atoms with Crippen LogP contribution in [0.1, 0.15) is 5.56 Å². The van der Waals surface area contributed by atoms with Gasteiger partial charge in [0.25, 0.3) is 0 Å². The van der Waals surface area contributed by atoms with E-state index in [4.69, 9.17) is 0 Å². The third-order valence-electron chi connectivity index (χ3n) is 2.10. The molecule has 0 aromatic heterocycles. The summed E-state index contributed by atoms with van der Waals surface area (Å²) in [7, 11) is 0. The first kappa shape index (κ1) is 10.4. The lowest BCUT2D eigenvalue weighted by Crippen LogP contribution is -1.84. The van der Waals surface area contributed by atoms with Gasteiger partial charge in [-0.15, -0.1) is 0 Å². The molecule has 80 valence electrons. The van der Waals surface area contributed by atoms with Crippen LogP contribution in [0.4, 0.5) is 10.1 Å². The van der Waals surface area contributed by atoms with E-state index in [1.54, 1.807) is 0 Å². The van der Waals surface area contributed by atoms with Crippen molar-refractivity contribution in [1.82, 2.24) is 0 Å². The Hall–Kier alpha value is -2.16. The Morgan fingerprint density at radius 3 is 2.56 bits per heavy atom. The summed E-state index contributed by atoms with van der Waals surface area (Å²) in [4.78, 5) is 4.13. The highest BCUT2D eigenvalue weighted by molar-refractivity contribution is 5.85. The summed E-state index contributed by atoms with van der Waals surface area (Å²) in [5.74, 6) is -0.381. The molecular formula is C13H10FNO. The van der Waals surface area contributed by atoms with Gasteiger partial charge in [-0.3, -0.25) is 4.99 Å². The van der Waals surface area contributed by atoms with Crippen LogP contribution in [-0.4, -0.2) is 11.3 Å². The summed E-state index contributed by atoms with van der Waals surface area (Å²) in [6, 6.07) is 13.0. The van der Waals surface area contributed by atoms with E-state index in [0.717, 1.165) is 5.69 Å². The highest BCUT2D eigenvalue weighted by Crippen LogP contribution is 2.17. The largest absolute Gasteiger partial charge is 0.507 e. The number of hydrogen-bond acceptors (Lipinski definition) is 2. The Labute approximate surface area is 92.7 Å². The molecule has 3 heteroatoms. The molecule has 0 aliphatic heterocycles. The van der Waals surface area contributed by atoms with Crippen LogP contribution in [0.2, 0.25) is 0 Å². The number of aromatic hydroxyl groups is 1. The molecule has 0 saturated carbocycles. The predicted molar refractivity (Wildman–Crippen MR) is 61.8 cm³/mol. The molecule has 0 amide bonds. The lowest BCUT2D eigenvalue weighted by molar-refractivity contribution is 0.472. The third-order valence-corrected chi connectivity index (χ3v) is 2.10. The molecule has 0 atom stereocenters. The zero-order valence-electron chi connectivity index (χ0n) is 8.47. The molecule has 16 heavy (non-hydrogen) atoms. The smallest absolute Gasteiger partial charge is 0.124 e. The van der Waals surface area contributed by atoms with Crippen molar-refractivity contribution in [3.05, 3.63) is 59.9 Å². The molecule has 0 unspecified atom stereocenters. The summed E-state index contributed by atoms with van der Waals surface area (Å²) >= 11 is 0. The lowest BCUT2D eigenvalue weighted by Gasteiger charge is -1.98. The van der Waals surface area contributed by atoms with E-state index in [0.29, 0.717) is 5.56 Å². The number of phenols is 1. The minimum absolute atomic E-state index is 0.0149. The lowest BCUT2D eigenvalue weighted by atomic mass is 10.2. The van der Waals surface area contributed by atoms with Crippen LogP contribution in [-0.2, 0) is 0 Å². The number of rotatable bonds is 2. The number of hydrogen-bond donors (Lipinski definition) is 1. The summed E-state index contributed by atoms with van der Waals surface area (Å²) in [6.45, 7) is 0. The molecule has 0 saturated heterocycles. The van der Waals surface area contributed by atoms with Crippen LogP contribution < -0.4 is 0 Å². The fraction of sp³-hybridized carbons (Fsp3) is 0. The third kappa shape index (κ3) is 2.45. The highest BCUT2D eigenvalue weighted by atomic mass is 19.1. The van der Waals surface area contributed by atoms with E-state index >= 15 is 0 Å². The van der Waals surface area contributed by atoms with Crippen molar-refractivity contribution in [2.24, 2.45) is 4.99 Å². The number of aliphatic imine (C=N–C) groups is 1. The van der Waals surface area contributed by atoms with Crippen molar-refractivity contribution < 1.29 is 9.50 Å². The molecule has 0 bridgehead atoms. The molecular weight excluding hydrogens is 205 g/mol. The van der Waals surface area contributed by atoms with Gasteiger partial charge in [0, 0.05) is 11.8 Å². The Morgan fingerprint density at radius 2 is 1.81 bits per heavy atom. The van der Waals surface area contributed by atoms with E-state index in [2.05, 4.69) is 4.99 Å². The topological polar surface area (TPSA) is 32.6 Å². The molecule has 2 rings (SSSR count). The summed E-state index contributed by atoms with van der Waals surface area (Å²) in [6.07, 6.45) is 1.44. The monoisotopic (exact) mass is 215 g/mol. The second-order valence-electron chi connectivity index (χ2n) is 3.30. The number of nitrogens with zero attached hydrogens (tertiary/aromatic N) is 1. The number of halogens is 1. The Kier molecular flexibility index (Phi) is 2.96. The molecule has 0 spiro atoms. The van der Waals surface area contributed by atoms with Crippen molar-refractivity contribution in [2.75, 3.05) is 0 Å². The van der Waals surface area contributed by atoms with Crippen molar-refractivity contribution >= 4 is 11.9 Å². The SMILES string of the molecule is Oc1ccc(F)cc1C=Nc1ccccc1. The zero-order chi connectivity index (χ0) is 11.4. The van der Waals surface area contributed by atoms with Crippen LogP contribution >= 0.6 is 0 Å². The van der Waals surface area contributed by atoms with E-state index in [1.807, 2.05) is 30.3 Å². The quantitative estimate of drug-likeness (QED) is 0.766. The van der Waals surface area contributed by atoms with Gasteiger partial charge in [-0.05, 0) is 30.3 Å². The first-order valence-electron chi connectivity index (χ1n) is 4.83. The van der Waals surface area contributed by atoms with Crippen molar-refractivity contribution in [3.8, 4) is 5.75 Å². The molecule has 0 fully saturated rings. The van der Waals surface area contributed by atoms with Crippen LogP contribution in [0.3, 0.4) is 0 Å². The summed E-state index contributed by atoms with van der Waals surface area (Å²) in [5, 5.41) is 9.46. The van der Waals surface area contributed by atoms with Gasteiger partial charge < -0.3 is 5.11 Å². The first-order chi connectivity index (χ1) is 7.75. The van der Waals surface area contributed by atoms with E-state index in [1.165, 1.54) is 24.4 Å². The zero-order valence-corrected chi connectivity index (χ0v) is 8.47. The minimum Gasteiger partial charge on any atom is -0.507 e. The van der Waals surface area contributed by atoms with Crippen LogP contribution in [0.5, 0.6) is 5.75 Å². The maximum Gasteiger partial charge on any atom is 0.124 e. The molecule has 2 aromatic rings. The Morgan fingerprint density at radius 1 is 1.06 bits per heavy atom. The average molecular weight is 215 g/mol. The Bertz CT molecular complexity index is 509. The second kappa shape index (κ2) is 4.57. The molecule has 0 aliphatic carbocycles. The minimum atomic E-state index is -0.396. The normalized spacial score (nSPS) is 10.8. The summed E-state index contributed by atoms with van der Waals surface area (Å²) < 4.78 is 12.9. The van der Waals surface area contributed by atoms with Gasteiger partial charge in [0.2, 0.25) is 0 Å². The van der Waals surface area contributed by atoms with Crippen LogP contribution in [0.15, 0.2) is 53.5 Å². The molecule has 0 aliphatic rings. The Balaban J connectivity index is 2.27. The van der Waals surface area contributed by atoms with Gasteiger partial charge in [-0.1, -0.05) is 18.2 Å². The standard InChI is InChI=1S/C13H10FNO/c14-11-6-7-13(16)10(8-11)9-15-12-4-2-1-3-5-12/h1-9,16H. The van der Waals surface area contributed by atoms with Gasteiger partial charge in [-0.2, -0.15) is 0 Å². The van der Waals surface area contributed by atoms with Crippen molar-refractivity contribution in [3.63, 3.8) is 0 Å². The molecule has 2 aromatic carbocycles. The second-order valence-corrected chi connectivity index (χ2v) is 3.30. The van der Waals surface area contributed by atoms with Gasteiger partial charge in [0.1, 0.15) is 11.6 Å². The van der Waals surface area contributed by atoms with E-state index in [-0.39, 0.29) is 5.75 Å². The van der Waals surface area contributed by atoms with Crippen LogP contribution in [0, 0.1) is 5.82 Å². The number of benzene rings is 2. The maximum atomic E-state index is 12.9. The predicted octanol–water partition coefficient (Wildman–Crippen LogP) is 3.28.